The minimum Gasteiger partial charge on any atom is -0.493 e. The first-order valence-corrected chi connectivity index (χ1v) is 13.8. The molecule has 1 aromatic heterocycles. The lowest BCUT2D eigenvalue weighted by Crippen LogP contribution is -2.48. The van der Waals surface area contributed by atoms with Gasteiger partial charge in [0.2, 0.25) is 0 Å². The molecule has 0 amide bonds. The van der Waals surface area contributed by atoms with Gasteiger partial charge in [-0.1, -0.05) is 66.7 Å². The smallest absolute Gasteiger partial charge is 0.178 e. The molecule has 0 bridgehead atoms. The van der Waals surface area contributed by atoms with Crippen molar-refractivity contribution >= 4 is 0 Å². The van der Waals surface area contributed by atoms with Gasteiger partial charge in [0.15, 0.2) is 17.3 Å². The third-order valence-electron chi connectivity index (χ3n) is 7.61. The van der Waals surface area contributed by atoms with Gasteiger partial charge < -0.3 is 9.47 Å². The molecule has 2 heterocycles. The first-order chi connectivity index (χ1) is 19.6. The summed E-state index contributed by atoms with van der Waals surface area (Å²) in [6, 6.07) is 22.8. The van der Waals surface area contributed by atoms with E-state index < -0.39 is 0 Å². The predicted molar refractivity (Wildman–Crippen MR) is 157 cm³/mol. The van der Waals surface area contributed by atoms with Crippen LogP contribution in [0.1, 0.15) is 34.1 Å². The van der Waals surface area contributed by atoms with Crippen molar-refractivity contribution in [3.8, 4) is 17.2 Å². The van der Waals surface area contributed by atoms with E-state index in [0.717, 1.165) is 67.3 Å². The van der Waals surface area contributed by atoms with Gasteiger partial charge >= 0.3 is 0 Å². The summed E-state index contributed by atoms with van der Waals surface area (Å²) in [5.41, 5.74) is 5.69. The Hall–Kier alpha value is -4.01. The molecule has 1 fully saturated rings. The molecule has 1 aliphatic rings. The van der Waals surface area contributed by atoms with Crippen LogP contribution < -0.4 is 9.47 Å². The number of ether oxygens (including phenoxy) is 2. The van der Waals surface area contributed by atoms with Crippen molar-refractivity contribution in [2.45, 2.75) is 26.3 Å². The predicted octanol–water partition coefficient (Wildman–Crippen LogP) is 4.80. The summed E-state index contributed by atoms with van der Waals surface area (Å²) in [5, 5.41) is 13.2. The number of hydrogen-bond acceptors (Lipinski definition) is 7. The van der Waals surface area contributed by atoms with Gasteiger partial charge in [0, 0.05) is 32.7 Å². The molecule has 4 aromatic rings. The number of piperazine rings is 1. The number of rotatable bonds is 10. The summed E-state index contributed by atoms with van der Waals surface area (Å²) >= 11 is 0. The van der Waals surface area contributed by atoms with Crippen molar-refractivity contribution in [3.63, 3.8) is 0 Å². The Labute approximate surface area is 236 Å². The number of aryl methyl sites for hydroxylation is 2. The maximum atomic E-state index is 5.67. The standard InChI is InChI=1S/C32H38N6O2/c1-24-11-10-12-25(2)30(24)38-32(33-34-35-38)31(27-16-17-28(39-3)29(23-27)40-4)37-21-19-36(20-22-37)18-9-8-15-26-13-6-5-7-14-26/h5-14,16-17,23,31H,15,18-22H2,1-4H3/b9-8+. The van der Waals surface area contributed by atoms with E-state index in [4.69, 9.17) is 9.47 Å². The Morgan fingerprint density at radius 1 is 0.825 bits per heavy atom. The van der Waals surface area contributed by atoms with E-state index in [2.05, 4.69) is 106 Å². The van der Waals surface area contributed by atoms with Gasteiger partial charge in [-0.2, -0.15) is 4.68 Å². The maximum Gasteiger partial charge on any atom is 0.178 e. The van der Waals surface area contributed by atoms with Gasteiger partial charge in [0.05, 0.1) is 25.9 Å². The second-order valence-corrected chi connectivity index (χ2v) is 10.2. The SMILES string of the molecule is COc1ccc(C(c2nnnn2-c2c(C)cccc2C)N2CCN(C/C=C/Cc3ccccc3)CC2)cc1OC. The van der Waals surface area contributed by atoms with Crippen molar-refractivity contribution in [1.82, 2.24) is 30.0 Å². The van der Waals surface area contributed by atoms with Crippen LogP contribution in [0.15, 0.2) is 78.9 Å². The Bertz CT molecular complexity index is 1410. The van der Waals surface area contributed by atoms with Crippen LogP contribution in [0.3, 0.4) is 0 Å². The largest absolute Gasteiger partial charge is 0.493 e. The number of allylic oxidation sites excluding steroid dienone is 1. The normalized spacial score (nSPS) is 15.4. The average molecular weight is 539 g/mol. The summed E-state index contributed by atoms with van der Waals surface area (Å²) in [7, 11) is 3.32. The van der Waals surface area contributed by atoms with Crippen LogP contribution in [-0.2, 0) is 6.42 Å². The fraction of sp³-hybridized carbons (Fsp3) is 0.344. The molecule has 40 heavy (non-hydrogen) atoms. The molecule has 1 saturated heterocycles. The fourth-order valence-electron chi connectivity index (χ4n) is 5.47. The molecular formula is C32H38N6O2. The van der Waals surface area contributed by atoms with E-state index >= 15 is 0 Å². The zero-order valence-corrected chi connectivity index (χ0v) is 23.8. The third kappa shape index (κ3) is 6.08. The molecule has 8 heteroatoms. The minimum absolute atomic E-state index is 0.149. The van der Waals surface area contributed by atoms with E-state index in [1.54, 1.807) is 14.2 Å². The Kier molecular flexibility index (Phi) is 8.88. The molecule has 8 nitrogen and oxygen atoms in total. The number of hydrogen-bond donors (Lipinski definition) is 0. The van der Waals surface area contributed by atoms with Gasteiger partial charge in [-0.3, -0.25) is 9.80 Å². The van der Waals surface area contributed by atoms with Gasteiger partial charge in [-0.25, -0.2) is 0 Å². The lowest BCUT2D eigenvalue weighted by atomic mass is 10.0. The van der Waals surface area contributed by atoms with Crippen LogP contribution in [0.2, 0.25) is 0 Å². The maximum absolute atomic E-state index is 5.67. The van der Waals surface area contributed by atoms with Gasteiger partial charge in [0.1, 0.15) is 0 Å². The molecule has 1 aliphatic heterocycles. The Balaban J connectivity index is 1.39. The zero-order chi connectivity index (χ0) is 27.9. The number of tetrazole rings is 1. The summed E-state index contributed by atoms with van der Waals surface area (Å²) < 4.78 is 13.1. The highest BCUT2D eigenvalue weighted by molar-refractivity contribution is 5.48. The van der Waals surface area contributed by atoms with Gasteiger partial charge in [-0.15, -0.1) is 5.10 Å². The van der Waals surface area contributed by atoms with Crippen molar-refractivity contribution in [1.29, 1.82) is 0 Å². The van der Waals surface area contributed by atoms with E-state index in [9.17, 15) is 0 Å². The van der Waals surface area contributed by atoms with Crippen LogP contribution >= 0.6 is 0 Å². The number of methoxy groups -OCH3 is 2. The van der Waals surface area contributed by atoms with E-state index in [1.165, 1.54) is 5.56 Å². The second-order valence-electron chi connectivity index (χ2n) is 10.2. The highest BCUT2D eigenvalue weighted by atomic mass is 16.5. The molecule has 1 atom stereocenters. The summed E-state index contributed by atoms with van der Waals surface area (Å²) in [6.45, 7) is 8.86. The molecule has 0 saturated carbocycles. The number of aromatic nitrogens is 4. The Morgan fingerprint density at radius 2 is 1.55 bits per heavy atom. The number of para-hydroxylation sites is 1. The molecule has 3 aromatic carbocycles. The van der Waals surface area contributed by atoms with Crippen LogP contribution in [0.5, 0.6) is 11.5 Å². The lowest BCUT2D eigenvalue weighted by Gasteiger charge is -2.38. The summed E-state index contributed by atoms with van der Waals surface area (Å²) in [4.78, 5) is 4.97. The summed E-state index contributed by atoms with van der Waals surface area (Å²) in [6.07, 6.45) is 5.52. The van der Waals surface area contributed by atoms with E-state index in [0.29, 0.717) is 11.5 Å². The lowest BCUT2D eigenvalue weighted by molar-refractivity contribution is 0.113. The van der Waals surface area contributed by atoms with Crippen molar-refractivity contribution in [2.24, 2.45) is 0 Å². The molecule has 0 spiro atoms. The molecule has 208 valence electrons. The van der Waals surface area contributed by atoms with Crippen LogP contribution in [-0.4, -0.2) is 77.0 Å². The molecule has 0 radical (unpaired) electrons. The molecular weight excluding hydrogens is 500 g/mol. The fourth-order valence-corrected chi connectivity index (χ4v) is 5.47. The van der Waals surface area contributed by atoms with Crippen molar-refractivity contribution in [2.75, 3.05) is 46.9 Å². The quantitative estimate of drug-likeness (QED) is 0.269. The first kappa shape index (κ1) is 27.6. The van der Waals surface area contributed by atoms with Crippen LogP contribution in [0.25, 0.3) is 5.69 Å². The molecule has 5 rings (SSSR count). The zero-order valence-electron chi connectivity index (χ0n) is 23.8. The van der Waals surface area contributed by atoms with Crippen molar-refractivity contribution in [3.05, 3.63) is 107 Å². The first-order valence-electron chi connectivity index (χ1n) is 13.8. The highest BCUT2D eigenvalue weighted by Crippen LogP contribution is 2.36. The van der Waals surface area contributed by atoms with Crippen LogP contribution in [0, 0.1) is 13.8 Å². The minimum atomic E-state index is -0.149. The highest BCUT2D eigenvalue weighted by Gasteiger charge is 2.32. The average Bonchev–Trinajstić information content (AvgIpc) is 3.45. The van der Waals surface area contributed by atoms with Gasteiger partial charge in [0.25, 0.3) is 0 Å². The van der Waals surface area contributed by atoms with E-state index in [1.807, 2.05) is 16.8 Å². The second kappa shape index (κ2) is 12.9. The topological polar surface area (TPSA) is 68.5 Å². The molecule has 0 aliphatic carbocycles. The summed E-state index contributed by atoms with van der Waals surface area (Å²) in [5.74, 6) is 2.19. The monoisotopic (exact) mass is 538 g/mol. The molecule has 0 N–H and O–H groups in total. The molecule has 1 unspecified atom stereocenters. The van der Waals surface area contributed by atoms with Crippen molar-refractivity contribution < 1.29 is 9.47 Å². The Morgan fingerprint density at radius 3 is 2.25 bits per heavy atom. The van der Waals surface area contributed by atoms with Gasteiger partial charge in [-0.05, 0) is 65.1 Å². The number of benzene rings is 3. The van der Waals surface area contributed by atoms with Crippen LogP contribution in [0.4, 0.5) is 0 Å². The third-order valence-corrected chi connectivity index (χ3v) is 7.61. The number of nitrogens with zero attached hydrogens (tertiary/aromatic N) is 6. The van der Waals surface area contributed by atoms with E-state index in [-0.39, 0.29) is 6.04 Å².